The Bertz CT molecular complexity index is 834. The highest BCUT2D eigenvalue weighted by Gasteiger charge is 2.28. The Morgan fingerprint density at radius 1 is 1.12 bits per heavy atom. The maximum absolute atomic E-state index is 13.1. The molecule has 0 saturated carbocycles. The molecule has 1 amide bonds. The number of carbonyl (C=O) groups is 1. The first-order valence-corrected chi connectivity index (χ1v) is 9.61. The van der Waals surface area contributed by atoms with E-state index in [1.807, 2.05) is 31.2 Å². The molecule has 0 aliphatic carbocycles. The average molecular weight is 364 g/mol. The number of benzene rings is 2. The lowest BCUT2D eigenvalue weighted by molar-refractivity contribution is -0.122. The molecule has 0 unspecified atom stereocenters. The first-order valence-electron chi connectivity index (χ1n) is 7.76. The third-order valence-corrected chi connectivity index (χ3v) is 5.00. The number of hydrogen-bond donors (Lipinski definition) is 1. The van der Waals surface area contributed by atoms with Gasteiger partial charge in [0, 0.05) is 6.54 Å². The van der Waals surface area contributed by atoms with Crippen molar-refractivity contribution in [2.24, 2.45) is 0 Å². The Morgan fingerprint density at radius 3 is 2.20 bits per heavy atom. The van der Waals surface area contributed by atoms with Crippen LogP contribution in [-0.4, -0.2) is 26.6 Å². The van der Waals surface area contributed by atoms with Gasteiger partial charge in [-0.2, -0.15) is 0 Å². The van der Waals surface area contributed by atoms with Crippen molar-refractivity contribution in [1.82, 2.24) is 5.32 Å². The molecule has 7 heteroatoms. The van der Waals surface area contributed by atoms with Crippen LogP contribution in [0.25, 0.3) is 0 Å². The maximum Gasteiger partial charge on any atom is 0.243 e. The molecule has 0 heterocycles. The summed E-state index contributed by atoms with van der Waals surface area (Å²) in [6.45, 7) is 3.76. The summed E-state index contributed by atoms with van der Waals surface area (Å²) in [5.41, 5.74) is 2.27. The Morgan fingerprint density at radius 2 is 1.68 bits per heavy atom. The fourth-order valence-electron chi connectivity index (χ4n) is 2.44. The Kier molecular flexibility index (Phi) is 5.79. The molecule has 25 heavy (non-hydrogen) atoms. The zero-order valence-corrected chi connectivity index (χ0v) is 15.2. The molecule has 0 aromatic heterocycles. The molecule has 134 valence electrons. The summed E-state index contributed by atoms with van der Waals surface area (Å²) in [7, 11) is -3.71. The first kappa shape index (κ1) is 18.9. The normalized spacial score (nSPS) is 12.5. The molecule has 5 nitrogen and oxygen atoms in total. The van der Waals surface area contributed by atoms with Gasteiger partial charge in [0.1, 0.15) is 11.9 Å². The van der Waals surface area contributed by atoms with E-state index in [0.717, 1.165) is 33.8 Å². The molecule has 0 spiro atoms. The van der Waals surface area contributed by atoms with Gasteiger partial charge >= 0.3 is 0 Å². The van der Waals surface area contributed by atoms with E-state index in [-0.39, 0.29) is 5.69 Å². The fraction of sp³-hybridized carbons (Fsp3) is 0.278. The quantitative estimate of drug-likeness (QED) is 0.857. The predicted molar refractivity (Wildman–Crippen MR) is 96.2 cm³/mol. The Labute approximate surface area is 147 Å². The van der Waals surface area contributed by atoms with Crippen molar-refractivity contribution in [2.75, 3.05) is 10.6 Å². The van der Waals surface area contributed by atoms with Gasteiger partial charge in [0.05, 0.1) is 11.9 Å². The number of sulfonamides is 1. The van der Waals surface area contributed by atoms with Gasteiger partial charge in [-0.3, -0.25) is 9.10 Å². The van der Waals surface area contributed by atoms with Crippen LogP contribution in [0.1, 0.15) is 18.1 Å². The minimum absolute atomic E-state index is 0.238. The lowest BCUT2D eigenvalue weighted by Crippen LogP contribution is -2.47. The highest BCUT2D eigenvalue weighted by atomic mass is 32.2. The molecule has 2 aromatic carbocycles. The van der Waals surface area contributed by atoms with Crippen molar-refractivity contribution in [1.29, 1.82) is 0 Å². The second-order valence-corrected chi connectivity index (χ2v) is 7.77. The van der Waals surface area contributed by atoms with E-state index in [1.54, 1.807) is 0 Å². The molecular weight excluding hydrogens is 343 g/mol. The largest absolute Gasteiger partial charge is 0.350 e. The number of nitrogens with zero attached hydrogens (tertiary/aromatic N) is 1. The van der Waals surface area contributed by atoms with Crippen LogP contribution in [0.15, 0.2) is 48.5 Å². The molecule has 2 rings (SSSR count). The molecule has 0 saturated heterocycles. The van der Waals surface area contributed by atoms with E-state index in [2.05, 4.69) is 5.32 Å². The molecule has 0 bridgehead atoms. The van der Waals surface area contributed by atoms with Crippen LogP contribution >= 0.6 is 0 Å². The van der Waals surface area contributed by atoms with E-state index >= 15 is 0 Å². The second kappa shape index (κ2) is 7.65. The average Bonchev–Trinajstić information content (AvgIpc) is 2.54. The molecular formula is C18H21FN2O3S. The third kappa shape index (κ3) is 5.03. The minimum atomic E-state index is -3.71. The molecule has 2 aromatic rings. The number of amides is 1. The molecule has 0 aliphatic rings. The maximum atomic E-state index is 13.1. The summed E-state index contributed by atoms with van der Waals surface area (Å²) in [6.07, 6.45) is 1.01. The van der Waals surface area contributed by atoms with Crippen molar-refractivity contribution in [3.63, 3.8) is 0 Å². The SMILES string of the molecule is Cc1ccc(CNC(=O)[C@@H](C)N(c2ccc(F)cc2)S(C)(=O)=O)cc1. The number of nitrogens with one attached hydrogen (secondary N) is 1. The molecule has 1 N–H and O–H groups in total. The summed E-state index contributed by atoms with van der Waals surface area (Å²) in [4.78, 5) is 12.4. The van der Waals surface area contributed by atoms with Crippen LogP contribution in [0, 0.1) is 12.7 Å². The van der Waals surface area contributed by atoms with Crippen molar-refractivity contribution in [2.45, 2.75) is 26.4 Å². The van der Waals surface area contributed by atoms with E-state index in [9.17, 15) is 17.6 Å². The van der Waals surface area contributed by atoms with Crippen LogP contribution < -0.4 is 9.62 Å². The van der Waals surface area contributed by atoms with E-state index in [1.165, 1.54) is 19.1 Å². The summed E-state index contributed by atoms with van der Waals surface area (Å²) in [5.74, 6) is -0.913. The summed E-state index contributed by atoms with van der Waals surface area (Å²) < 4.78 is 38.3. The van der Waals surface area contributed by atoms with Gasteiger partial charge in [-0.1, -0.05) is 29.8 Å². The van der Waals surface area contributed by atoms with Gasteiger partial charge in [-0.15, -0.1) is 0 Å². The highest BCUT2D eigenvalue weighted by molar-refractivity contribution is 7.92. The van der Waals surface area contributed by atoms with Gasteiger partial charge < -0.3 is 5.32 Å². The summed E-state index contributed by atoms with van der Waals surface area (Å²) >= 11 is 0. The Hall–Kier alpha value is -2.41. The number of anilines is 1. The standard InChI is InChI=1S/C18H21FN2O3S/c1-13-4-6-15(7-5-13)12-20-18(22)14(2)21(25(3,23)24)17-10-8-16(19)9-11-17/h4-11,14H,12H2,1-3H3,(H,20,22)/t14-/m1/s1. The number of halogens is 1. The summed E-state index contributed by atoms with van der Waals surface area (Å²) in [5, 5.41) is 2.73. The van der Waals surface area contributed by atoms with E-state index < -0.39 is 27.8 Å². The number of hydrogen-bond acceptors (Lipinski definition) is 3. The van der Waals surface area contributed by atoms with Gasteiger partial charge in [-0.05, 0) is 43.7 Å². The lowest BCUT2D eigenvalue weighted by atomic mass is 10.1. The lowest BCUT2D eigenvalue weighted by Gasteiger charge is -2.28. The van der Waals surface area contributed by atoms with Crippen LogP contribution in [0.4, 0.5) is 10.1 Å². The van der Waals surface area contributed by atoms with Crippen molar-refractivity contribution < 1.29 is 17.6 Å². The van der Waals surface area contributed by atoms with Crippen LogP contribution in [-0.2, 0) is 21.4 Å². The number of carbonyl (C=O) groups excluding carboxylic acids is 1. The van der Waals surface area contributed by atoms with Crippen LogP contribution in [0.3, 0.4) is 0 Å². The topological polar surface area (TPSA) is 66.5 Å². The number of aryl methyl sites for hydroxylation is 1. The van der Waals surface area contributed by atoms with Crippen LogP contribution in [0.5, 0.6) is 0 Å². The monoisotopic (exact) mass is 364 g/mol. The van der Waals surface area contributed by atoms with Gasteiger partial charge in [0.25, 0.3) is 0 Å². The van der Waals surface area contributed by atoms with E-state index in [0.29, 0.717) is 6.54 Å². The zero-order chi connectivity index (χ0) is 18.6. The fourth-order valence-corrected chi connectivity index (χ4v) is 3.61. The molecule has 0 aliphatic heterocycles. The predicted octanol–water partition coefficient (Wildman–Crippen LogP) is 2.61. The van der Waals surface area contributed by atoms with Crippen molar-refractivity contribution in [3.8, 4) is 0 Å². The minimum Gasteiger partial charge on any atom is -0.350 e. The smallest absolute Gasteiger partial charge is 0.243 e. The number of rotatable bonds is 6. The summed E-state index contributed by atoms with van der Waals surface area (Å²) in [6, 6.07) is 11.7. The Balaban J connectivity index is 2.15. The van der Waals surface area contributed by atoms with E-state index in [4.69, 9.17) is 0 Å². The van der Waals surface area contributed by atoms with Crippen LogP contribution in [0.2, 0.25) is 0 Å². The second-order valence-electron chi connectivity index (χ2n) is 5.91. The van der Waals surface area contributed by atoms with Crippen molar-refractivity contribution >= 4 is 21.6 Å². The van der Waals surface area contributed by atoms with Gasteiger partial charge in [0.15, 0.2) is 0 Å². The first-order chi connectivity index (χ1) is 11.7. The zero-order valence-electron chi connectivity index (χ0n) is 14.4. The third-order valence-electron chi connectivity index (χ3n) is 3.76. The van der Waals surface area contributed by atoms with Crippen molar-refractivity contribution in [3.05, 3.63) is 65.5 Å². The molecule has 0 radical (unpaired) electrons. The highest BCUT2D eigenvalue weighted by Crippen LogP contribution is 2.21. The van der Waals surface area contributed by atoms with Gasteiger partial charge in [0.2, 0.25) is 15.9 Å². The molecule has 0 fully saturated rings. The molecule has 1 atom stereocenters. The van der Waals surface area contributed by atoms with Gasteiger partial charge in [-0.25, -0.2) is 12.8 Å².